The Kier molecular flexibility index (Phi) is 3.11. The van der Waals surface area contributed by atoms with E-state index in [0.29, 0.717) is 12.5 Å². The summed E-state index contributed by atoms with van der Waals surface area (Å²) in [7, 11) is 0. The molecule has 0 aromatic heterocycles. The fourth-order valence-corrected chi connectivity index (χ4v) is 3.03. The fraction of sp³-hybridized carbons (Fsp3) is 0.538. The van der Waals surface area contributed by atoms with Crippen molar-refractivity contribution in [3.05, 3.63) is 28.2 Å². The summed E-state index contributed by atoms with van der Waals surface area (Å²) in [5, 5.41) is 8.97. The Bertz CT molecular complexity index is 418. The van der Waals surface area contributed by atoms with Gasteiger partial charge in [-0.15, -0.1) is 0 Å². The molecule has 4 heteroatoms. The average Bonchev–Trinajstić information content (AvgIpc) is 2.64. The lowest BCUT2D eigenvalue weighted by atomic mass is 10.0. The second-order valence-electron chi connectivity index (χ2n) is 4.96. The van der Waals surface area contributed by atoms with Crippen molar-refractivity contribution in [1.29, 1.82) is 0 Å². The van der Waals surface area contributed by atoms with Gasteiger partial charge in [-0.25, -0.2) is 0 Å². The summed E-state index contributed by atoms with van der Waals surface area (Å²) in [5.41, 5.74) is 1.30. The molecule has 2 aliphatic heterocycles. The lowest BCUT2D eigenvalue weighted by Crippen LogP contribution is -2.51. The maximum absolute atomic E-state index is 8.97. The maximum atomic E-state index is 8.97. The third kappa shape index (κ3) is 2.34. The molecule has 1 saturated heterocycles. The van der Waals surface area contributed by atoms with E-state index in [9.17, 15) is 0 Å². The number of nitrogens with zero attached hydrogens (tertiary/aromatic N) is 1. The van der Waals surface area contributed by atoms with Crippen molar-refractivity contribution in [3.8, 4) is 5.75 Å². The molecule has 1 aromatic carbocycles. The second kappa shape index (κ2) is 4.59. The predicted molar refractivity (Wildman–Crippen MR) is 69.3 cm³/mol. The van der Waals surface area contributed by atoms with Crippen LogP contribution in [0.2, 0.25) is 0 Å². The topological polar surface area (TPSA) is 32.7 Å². The Morgan fingerprint density at radius 3 is 3.00 bits per heavy atom. The van der Waals surface area contributed by atoms with E-state index in [1.165, 1.54) is 5.56 Å². The number of hydrogen-bond acceptors (Lipinski definition) is 3. The van der Waals surface area contributed by atoms with Gasteiger partial charge in [-0.2, -0.15) is 0 Å². The first-order valence-corrected chi connectivity index (χ1v) is 6.82. The number of hydrogen-bond donors (Lipinski definition) is 1. The number of benzene rings is 1. The Morgan fingerprint density at radius 1 is 1.41 bits per heavy atom. The van der Waals surface area contributed by atoms with Crippen LogP contribution in [0.3, 0.4) is 0 Å². The molecular weight excluding hydrogens is 282 g/mol. The van der Waals surface area contributed by atoms with Crippen LogP contribution < -0.4 is 4.74 Å². The molecule has 92 valence electrons. The summed E-state index contributed by atoms with van der Waals surface area (Å²) < 4.78 is 7.03. The van der Waals surface area contributed by atoms with Gasteiger partial charge >= 0.3 is 0 Å². The zero-order chi connectivity index (χ0) is 11.8. The minimum absolute atomic E-state index is 0.277. The standard InChI is InChI=1S/C13H16BrNO2/c14-11-1-2-13-10(3-11)4-12(17-13)7-15-5-9(6-15)8-16/h1-3,9,12,16H,4-8H2. The van der Waals surface area contributed by atoms with Crippen LogP contribution in [-0.4, -0.2) is 42.4 Å². The molecule has 17 heavy (non-hydrogen) atoms. The molecule has 0 bridgehead atoms. The average molecular weight is 298 g/mol. The number of likely N-dealkylation sites (tertiary alicyclic amines) is 1. The summed E-state index contributed by atoms with van der Waals surface area (Å²) in [6, 6.07) is 6.20. The molecule has 1 fully saturated rings. The third-order valence-electron chi connectivity index (χ3n) is 3.52. The quantitative estimate of drug-likeness (QED) is 0.921. The Balaban J connectivity index is 1.56. The van der Waals surface area contributed by atoms with Gasteiger partial charge in [0.1, 0.15) is 11.9 Å². The molecule has 0 amide bonds. The van der Waals surface area contributed by atoms with Gasteiger partial charge in [-0.1, -0.05) is 15.9 Å². The minimum atomic E-state index is 0.277. The van der Waals surface area contributed by atoms with Crippen LogP contribution in [0.25, 0.3) is 0 Å². The van der Waals surface area contributed by atoms with Gasteiger partial charge in [0, 0.05) is 43.1 Å². The molecule has 1 atom stereocenters. The van der Waals surface area contributed by atoms with Gasteiger partial charge in [0.05, 0.1) is 0 Å². The normalized spacial score (nSPS) is 24.2. The van der Waals surface area contributed by atoms with E-state index >= 15 is 0 Å². The number of rotatable bonds is 3. The van der Waals surface area contributed by atoms with E-state index in [-0.39, 0.29) is 6.10 Å². The Hall–Kier alpha value is -0.580. The first-order valence-electron chi connectivity index (χ1n) is 6.03. The fourth-order valence-electron chi connectivity index (χ4n) is 2.62. The van der Waals surface area contributed by atoms with Gasteiger partial charge in [-0.05, 0) is 23.8 Å². The van der Waals surface area contributed by atoms with Crippen LogP contribution >= 0.6 is 15.9 Å². The highest BCUT2D eigenvalue weighted by Gasteiger charge is 2.31. The van der Waals surface area contributed by atoms with Crippen LogP contribution in [0.4, 0.5) is 0 Å². The molecule has 3 rings (SSSR count). The molecular formula is C13H16BrNO2. The molecule has 2 heterocycles. The van der Waals surface area contributed by atoms with Crippen molar-refractivity contribution in [2.45, 2.75) is 12.5 Å². The molecule has 1 unspecified atom stereocenters. The van der Waals surface area contributed by atoms with Gasteiger partial charge in [0.2, 0.25) is 0 Å². The SMILES string of the molecule is OCC1CN(CC2Cc3cc(Br)ccc3O2)C1. The van der Waals surface area contributed by atoms with Gasteiger partial charge < -0.3 is 9.84 Å². The number of fused-ring (bicyclic) bond motifs is 1. The number of aliphatic hydroxyl groups excluding tert-OH is 1. The lowest BCUT2D eigenvalue weighted by Gasteiger charge is -2.39. The van der Waals surface area contributed by atoms with Crippen molar-refractivity contribution in [1.82, 2.24) is 4.90 Å². The van der Waals surface area contributed by atoms with Crippen LogP contribution in [-0.2, 0) is 6.42 Å². The number of ether oxygens (including phenoxy) is 1. The van der Waals surface area contributed by atoms with Crippen molar-refractivity contribution >= 4 is 15.9 Å². The summed E-state index contributed by atoms with van der Waals surface area (Å²) in [4.78, 5) is 2.35. The first kappa shape index (κ1) is 11.5. The number of halogens is 1. The Morgan fingerprint density at radius 2 is 2.24 bits per heavy atom. The third-order valence-corrected chi connectivity index (χ3v) is 4.01. The van der Waals surface area contributed by atoms with E-state index in [0.717, 1.165) is 36.3 Å². The minimum Gasteiger partial charge on any atom is -0.488 e. The van der Waals surface area contributed by atoms with Gasteiger partial charge in [0.25, 0.3) is 0 Å². The summed E-state index contributed by atoms with van der Waals surface area (Å²) in [6.45, 7) is 3.31. The molecule has 0 saturated carbocycles. The van der Waals surface area contributed by atoms with E-state index in [2.05, 4.69) is 26.9 Å². The van der Waals surface area contributed by atoms with Crippen LogP contribution in [0.15, 0.2) is 22.7 Å². The van der Waals surface area contributed by atoms with Crippen LogP contribution in [0.5, 0.6) is 5.75 Å². The monoisotopic (exact) mass is 297 g/mol. The first-order chi connectivity index (χ1) is 8.24. The van der Waals surface area contributed by atoms with Crippen molar-refractivity contribution in [2.24, 2.45) is 5.92 Å². The number of aliphatic hydroxyl groups is 1. The molecule has 3 nitrogen and oxygen atoms in total. The highest BCUT2D eigenvalue weighted by atomic mass is 79.9. The lowest BCUT2D eigenvalue weighted by molar-refractivity contribution is 0.0275. The highest BCUT2D eigenvalue weighted by Crippen LogP contribution is 2.32. The molecule has 1 aromatic rings. The van der Waals surface area contributed by atoms with Crippen molar-refractivity contribution in [3.63, 3.8) is 0 Å². The van der Waals surface area contributed by atoms with Crippen LogP contribution in [0, 0.1) is 5.92 Å². The predicted octanol–water partition coefficient (Wildman–Crippen LogP) is 1.68. The zero-order valence-electron chi connectivity index (χ0n) is 9.60. The smallest absolute Gasteiger partial charge is 0.123 e. The highest BCUT2D eigenvalue weighted by molar-refractivity contribution is 9.10. The Labute approximate surface area is 110 Å². The van der Waals surface area contributed by atoms with E-state index in [1.807, 2.05) is 12.1 Å². The largest absolute Gasteiger partial charge is 0.488 e. The van der Waals surface area contributed by atoms with Gasteiger partial charge in [-0.3, -0.25) is 4.90 Å². The summed E-state index contributed by atoms with van der Waals surface area (Å²) in [5.74, 6) is 1.50. The summed E-state index contributed by atoms with van der Waals surface area (Å²) in [6.07, 6.45) is 1.27. The molecule has 1 N–H and O–H groups in total. The van der Waals surface area contributed by atoms with E-state index in [4.69, 9.17) is 9.84 Å². The zero-order valence-corrected chi connectivity index (χ0v) is 11.2. The molecule has 0 spiro atoms. The van der Waals surface area contributed by atoms with Crippen molar-refractivity contribution in [2.75, 3.05) is 26.2 Å². The molecule has 0 aliphatic carbocycles. The van der Waals surface area contributed by atoms with E-state index in [1.54, 1.807) is 0 Å². The summed E-state index contributed by atoms with van der Waals surface area (Å²) >= 11 is 3.48. The molecule has 0 radical (unpaired) electrons. The molecule has 2 aliphatic rings. The second-order valence-corrected chi connectivity index (χ2v) is 5.88. The van der Waals surface area contributed by atoms with Gasteiger partial charge in [0.15, 0.2) is 0 Å². The van der Waals surface area contributed by atoms with E-state index < -0.39 is 0 Å². The van der Waals surface area contributed by atoms with Crippen molar-refractivity contribution < 1.29 is 9.84 Å². The maximum Gasteiger partial charge on any atom is 0.123 e. The van der Waals surface area contributed by atoms with Crippen LogP contribution in [0.1, 0.15) is 5.56 Å².